The highest BCUT2D eigenvalue weighted by Crippen LogP contribution is 2.32. The molecular formula is C15H16N2O. The Balaban J connectivity index is 2.01. The predicted molar refractivity (Wildman–Crippen MR) is 73.2 cm³/mol. The normalized spacial score (nSPS) is 14.0. The first-order chi connectivity index (χ1) is 8.74. The van der Waals surface area contributed by atoms with E-state index in [0.29, 0.717) is 0 Å². The zero-order chi connectivity index (χ0) is 12.5. The number of nitrogens with zero attached hydrogens (tertiary/aromatic N) is 2. The number of rotatable bonds is 1. The van der Waals surface area contributed by atoms with Crippen LogP contribution in [0.25, 0.3) is 11.1 Å². The van der Waals surface area contributed by atoms with E-state index in [1.807, 2.05) is 13.2 Å². The van der Waals surface area contributed by atoms with Crippen molar-refractivity contribution in [1.82, 2.24) is 4.98 Å². The number of hydrogen-bond acceptors (Lipinski definition) is 3. The fourth-order valence-corrected chi connectivity index (χ4v) is 2.13. The van der Waals surface area contributed by atoms with Crippen molar-refractivity contribution >= 4 is 5.82 Å². The lowest BCUT2D eigenvalue weighted by Crippen LogP contribution is -2.29. The molecule has 1 aliphatic rings. The molecular weight excluding hydrogens is 224 g/mol. The van der Waals surface area contributed by atoms with Crippen LogP contribution >= 0.6 is 0 Å². The number of pyridine rings is 1. The van der Waals surface area contributed by atoms with Gasteiger partial charge in [-0.1, -0.05) is 29.8 Å². The molecule has 0 radical (unpaired) electrons. The van der Waals surface area contributed by atoms with E-state index in [1.165, 1.54) is 11.1 Å². The molecule has 3 nitrogen and oxygen atoms in total. The maximum Gasteiger partial charge on any atom is 0.171 e. The zero-order valence-corrected chi connectivity index (χ0v) is 10.7. The van der Waals surface area contributed by atoms with Crippen molar-refractivity contribution in [2.24, 2.45) is 0 Å². The van der Waals surface area contributed by atoms with Gasteiger partial charge >= 0.3 is 0 Å². The van der Waals surface area contributed by atoms with Crippen LogP contribution in [0.5, 0.6) is 5.75 Å². The zero-order valence-electron chi connectivity index (χ0n) is 10.7. The maximum atomic E-state index is 5.68. The number of benzene rings is 1. The third-order valence-electron chi connectivity index (χ3n) is 3.26. The molecule has 0 amide bonds. The molecule has 0 unspecified atom stereocenters. The lowest BCUT2D eigenvalue weighted by atomic mass is 10.1. The summed E-state index contributed by atoms with van der Waals surface area (Å²) in [5.41, 5.74) is 3.54. The van der Waals surface area contributed by atoms with Crippen molar-refractivity contribution in [2.45, 2.75) is 6.92 Å². The Morgan fingerprint density at radius 2 is 1.94 bits per heavy atom. The summed E-state index contributed by atoms with van der Waals surface area (Å²) in [5.74, 6) is 1.80. The fraction of sp³-hybridized carbons (Fsp3) is 0.267. The van der Waals surface area contributed by atoms with Gasteiger partial charge in [-0.3, -0.25) is 0 Å². The molecule has 0 fully saturated rings. The van der Waals surface area contributed by atoms with Gasteiger partial charge in [0.1, 0.15) is 6.61 Å². The minimum Gasteiger partial charge on any atom is -0.488 e. The largest absolute Gasteiger partial charge is 0.488 e. The molecule has 92 valence electrons. The SMILES string of the molecule is Cc1ccc(-c2cnc3c(c2)OCCN3C)cc1. The van der Waals surface area contributed by atoms with Gasteiger partial charge in [-0.05, 0) is 18.6 Å². The summed E-state index contributed by atoms with van der Waals surface area (Å²) >= 11 is 0. The molecule has 0 bridgehead atoms. The standard InChI is InChI=1S/C15H16N2O/c1-11-3-5-12(6-4-11)13-9-14-15(16-10-13)17(2)7-8-18-14/h3-6,9-10H,7-8H2,1-2H3. The van der Waals surface area contributed by atoms with Crippen LogP contribution in [0.1, 0.15) is 5.56 Å². The van der Waals surface area contributed by atoms with Gasteiger partial charge in [0.2, 0.25) is 0 Å². The Morgan fingerprint density at radius 3 is 2.72 bits per heavy atom. The van der Waals surface area contributed by atoms with Crippen molar-refractivity contribution in [3.63, 3.8) is 0 Å². The van der Waals surface area contributed by atoms with E-state index in [2.05, 4.69) is 47.1 Å². The highest BCUT2D eigenvalue weighted by atomic mass is 16.5. The first-order valence-corrected chi connectivity index (χ1v) is 6.15. The average Bonchev–Trinajstić information content (AvgIpc) is 2.39. The van der Waals surface area contributed by atoms with Gasteiger partial charge in [-0.15, -0.1) is 0 Å². The second kappa shape index (κ2) is 4.33. The Morgan fingerprint density at radius 1 is 1.17 bits per heavy atom. The van der Waals surface area contributed by atoms with Crippen molar-refractivity contribution in [1.29, 1.82) is 0 Å². The van der Waals surface area contributed by atoms with E-state index in [0.717, 1.165) is 30.3 Å². The lowest BCUT2D eigenvalue weighted by Gasteiger charge is -2.26. The van der Waals surface area contributed by atoms with Crippen molar-refractivity contribution < 1.29 is 4.74 Å². The Labute approximate surface area is 107 Å². The van der Waals surface area contributed by atoms with Crippen LogP contribution in [-0.2, 0) is 0 Å². The number of likely N-dealkylation sites (N-methyl/N-ethyl adjacent to an activating group) is 1. The van der Waals surface area contributed by atoms with Crippen molar-refractivity contribution in [2.75, 3.05) is 25.1 Å². The van der Waals surface area contributed by atoms with Gasteiger partial charge in [-0.25, -0.2) is 4.98 Å². The minimum atomic E-state index is 0.725. The maximum absolute atomic E-state index is 5.68. The van der Waals surface area contributed by atoms with Gasteiger partial charge in [0.05, 0.1) is 6.54 Å². The molecule has 0 aliphatic carbocycles. The van der Waals surface area contributed by atoms with Crippen LogP contribution in [0.2, 0.25) is 0 Å². The molecule has 18 heavy (non-hydrogen) atoms. The molecule has 0 atom stereocenters. The second-order valence-corrected chi connectivity index (χ2v) is 4.68. The van der Waals surface area contributed by atoms with Crippen LogP contribution in [0.4, 0.5) is 5.82 Å². The summed E-state index contributed by atoms with van der Waals surface area (Å²) in [4.78, 5) is 6.62. The van der Waals surface area contributed by atoms with Crippen molar-refractivity contribution in [3.05, 3.63) is 42.1 Å². The van der Waals surface area contributed by atoms with Gasteiger partial charge in [0.25, 0.3) is 0 Å². The van der Waals surface area contributed by atoms with Gasteiger partial charge in [-0.2, -0.15) is 0 Å². The Kier molecular flexibility index (Phi) is 2.67. The Bertz CT molecular complexity index is 563. The van der Waals surface area contributed by atoms with Crippen LogP contribution < -0.4 is 9.64 Å². The summed E-state index contributed by atoms with van der Waals surface area (Å²) < 4.78 is 5.68. The molecule has 0 N–H and O–H groups in total. The summed E-state index contributed by atoms with van der Waals surface area (Å²) in [6, 6.07) is 10.5. The number of anilines is 1. The molecule has 0 spiro atoms. The number of aromatic nitrogens is 1. The summed E-state index contributed by atoms with van der Waals surface area (Å²) in [5, 5.41) is 0. The number of ether oxygens (including phenoxy) is 1. The fourth-order valence-electron chi connectivity index (χ4n) is 2.13. The molecule has 3 rings (SSSR count). The van der Waals surface area contributed by atoms with Crippen molar-refractivity contribution in [3.8, 4) is 16.9 Å². The van der Waals surface area contributed by atoms with Crippen LogP contribution in [0, 0.1) is 6.92 Å². The third-order valence-corrected chi connectivity index (χ3v) is 3.26. The Hall–Kier alpha value is -2.03. The van der Waals surface area contributed by atoms with E-state index in [1.54, 1.807) is 0 Å². The van der Waals surface area contributed by atoms with Gasteiger partial charge < -0.3 is 9.64 Å². The first kappa shape index (κ1) is 11.1. The first-order valence-electron chi connectivity index (χ1n) is 6.15. The molecule has 2 heterocycles. The quantitative estimate of drug-likeness (QED) is 0.766. The summed E-state index contributed by atoms with van der Waals surface area (Å²) in [7, 11) is 2.04. The average molecular weight is 240 g/mol. The van der Waals surface area contributed by atoms with Crippen LogP contribution in [0.15, 0.2) is 36.5 Å². The molecule has 1 aromatic carbocycles. The van der Waals surface area contributed by atoms with Crippen LogP contribution in [0.3, 0.4) is 0 Å². The highest BCUT2D eigenvalue weighted by molar-refractivity contribution is 5.68. The monoisotopic (exact) mass is 240 g/mol. The number of hydrogen-bond donors (Lipinski definition) is 0. The molecule has 1 aliphatic heterocycles. The summed E-state index contributed by atoms with van der Waals surface area (Å²) in [6.07, 6.45) is 1.91. The minimum absolute atomic E-state index is 0.725. The predicted octanol–water partition coefficient (Wildman–Crippen LogP) is 2.89. The lowest BCUT2D eigenvalue weighted by molar-refractivity contribution is 0.309. The van der Waals surface area contributed by atoms with E-state index in [-0.39, 0.29) is 0 Å². The van der Waals surface area contributed by atoms with E-state index in [9.17, 15) is 0 Å². The molecule has 1 aromatic heterocycles. The summed E-state index contributed by atoms with van der Waals surface area (Å²) in [6.45, 7) is 3.71. The van der Waals surface area contributed by atoms with Gasteiger partial charge in [0.15, 0.2) is 11.6 Å². The number of aryl methyl sites for hydroxylation is 1. The molecule has 3 heteroatoms. The topological polar surface area (TPSA) is 25.4 Å². The molecule has 2 aromatic rings. The van der Waals surface area contributed by atoms with E-state index < -0.39 is 0 Å². The molecule has 0 saturated carbocycles. The van der Waals surface area contributed by atoms with Gasteiger partial charge in [0, 0.05) is 18.8 Å². The second-order valence-electron chi connectivity index (χ2n) is 4.68. The number of fused-ring (bicyclic) bond motifs is 1. The third kappa shape index (κ3) is 1.92. The van der Waals surface area contributed by atoms with Crippen LogP contribution in [-0.4, -0.2) is 25.2 Å². The molecule has 0 saturated heterocycles. The van der Waals surface area contributed by atoms with E-state index >= 15 is 0 Å². The smallest absolute Gasteiger partial charge is 0.171 e. The van der Waals surface area contributed by atoms with E-state index in [4.69, 9.17) is 4.74 Å². The highest BCUT2D eigenvalue weighted by Gasteiger charge is 2.16.